The number of piperidine rings is 1. The minimum Gasteiger partial charge on any atom is -0.390 e. The molecular weight excluding hydrogens is 509 g/mol. The Hall–Kier alpha value is -2.09. The van der Waals surface area contributed by atoms with Gasteiger partial charge < -0.3 is 19.8 Å². The molecule has 2 aliphatic heterocycles. The molecule has 5 rings (SSSR count). The van der Waals surface area contributed by atoms with Crippen molar-refractivity contribution in [2.45, 2.75) is 81.2 Å². The van der Waals surface area contributed by atoms with Gasteiger partial charge in [-0.25, -0.2) is 4.39 Å². The van der Waals surface area contributed by atoms with Crippen molar-refractivity contribution in [1.29, 1.82) is 0 Å². The van der Waals surface area contributed by atoms with E-state index in [0.717, 1.165) is 49.0 Å². The van der Waals surface area contributed by atoms with Crippen molar-refractivity contribution in [1.82, 2.24) is 9.80 Å². The molecule has 1 aliphatic carbocycles. The van der Waals surface area contributed by atoms with Crippen LogP contribution in [0.4, 0.5) is 10.1 Å². The Bertz CT molecular complexity index is 1080. The molecule has 39 heavy (non-hydrogen) atoms. The number of nitrogens with zero attached hydrogens (tertiary/aromatic N) is 3. The lowest BCUT2D eigenvalue weighted by Gasteiger charge is -2.44. The van der Waals surface area contributed by atoms with Gasteiger partial charge in [-0.2, -0.15) is 0 Å². The van der Waals surface area contributed by atoms with Gasteiger partial charge in [0.1, 0.15) is 11.4 Å². The third-order valence-corrected chi connectivity index (χ3v) is 10.1. The summed E-state index contributed by atoms with van der Waals surface area (Å²) < 4.78 is 13.8. The van der Waals surface area contributed by atoms with Crippen molar-refractivity contribution in [3.63, 3.8) is 0 Å². The lowest BCUT2D eigenvalue weighted by atomic mass is 9.84. The highest BCUT2D eigenvalue weighted by atomic mass is 32.2. The standard InChI is InChI=1S/C32H44FN3O2S/c1-25-8-7-11-30(20-25)39-23-29(37)22-35-24-36(28-14-12-27(33)13-15-28)32(31(35)38)16-18-34(19-17-32)21-26-9-5-3-2-4-6-10-26/h7-8,11-15,20,26,29,37H,2-6,9-10,16-19,21-24H2,1H3/t29-/m1/s1. The SMILES string of the molecule is Cc1cccc(SC[C@H](O)CN2CN(c3ccc(F)cc3)C3(CCN(CC4CCCCCCC4)CC3)C2=O)c1. The number of carbonyl (C=O) groups excluding carboxylic acids is 1. The van der Waals surface area contributed by atoms with E-state index in [1.807, 2.05) is 11.0 Å². The molecule has 212 valence electrons. The maximum atomic E-state index is 14.0. The molecule has 2 aromatic carbocycles. The average molecular weight is 554 g/mol. The monoisotopic (exact) mass is 553 g/mol. The van der Waals surface area contributed by atoms with Gasteiger partial charge in [0.15, 0.2) is 0 Å². The van der Waals surface area contributed by atoms with Crippen molar-refractivity contribution in [2.24, 2.45) is 5.92 Å². The first-order chi connectivity index (χ1) is 18.9. The van der Waals surface area contributed by atoms with Crippen LogP contribution < -0.4 is 4.90 Å². The van der Waals surface area contributed by atoms with E-state index in [1.165, 1.54) is 62.6 Å². The summed E-state index contributed by atoms with van der Waals surface area (Å²) in [6.45, 7) is 5.75. The fourth-order valence-corrected chi connectivity index (χ4v) is 7.69. The van der Waals surface area contributed by atoms with Gasteiger partial charge in [-0.1, -0.05) is 49.8 Å². The number of rotatable bonds is 8. The number of benzene rings is 2. The van der Waals surface area contributed by atoms with E-state index in [9.17, 15) is 14.3 Å². The lowest BCUT2D eigenvalue weighted by molar-refractivity contribution is -0.134. The fourth-order valence-electron chi connectivity index (χ4n) is 6.75. The number of amides is 1. The predicted molar refractivity (Wildman–Crippen MR) is 158 cm³/mol. The molecule has 1 atom stereocenters. The molecule has 1 amide bonds. The van der Waals surface area contributed by atoms with Crippen LogP contribution in [0.1, 0.15) is 63.4 Å². The number of thioether (sulfide) groups is 1. The summed E-state index contributed by atoms with van der Waals surface area (Å²) in [6, 6.07) is 14.8. The number of hydrogen-bond acceptors (Lipinski definition) is 5. The normalized spacial score (nSPS) is 21.8. The molecule has 7 heteroatoms. The number of likely N-dealkylation sites (tertiary alicyclic amines) is 1. The first-order valence-corrected chi connectivity index (χ1v) is 15.8. The van der Waals surface area contributed by atoms with Gasteiger partial charge in [-0.3, -0.25) is 4.79 Å². The van der Waals surface area contributed by atoms with E-state index in [-0.39, 0.29) is 11.7 Å². The summed E-state index contributed by atoms with van der Waals surface area (Å²) >= 11 is 1.62. The number of anilines is 1. The smallest absolute Gasteiger partial charge is 0.250 e. The third-order valence-electron chi connectivity index (χ3n) is 8.94. The van der Waals surface area contributed by atoms with Crippen LogP contribution in [0.25, 0.3) is 0 Å². The largest absolute Gasteiger partial charge is 0.390 e. The summed E-state index contributed by atoms with van der Waals surface area (Å²) in [5.74, 6) is 1.14. The lowest BCUT2D eigenvalue weighted by Crippen LogP contribution is -2.57. The number of carbonyl (C=O) groups is 1. The number of aliphatic hydroxyl groups excluding tert-OH is 1. The van der Waals surface area contributed by atoms with Gasteiger partial charge in [0.05, 0.1) is 12.8 Å². The van der Waals surface area contributed by atoms with E-state index in [4.69, 9.17) is 0 Å². The zero-order chi connectivity index (χ0) is 27.2. The van der Waals surface area contributed by atoms with Crippen LogP contribution in [-0.4, -0.2) is 71.1 Å². The maximum Gasteiger partial charge on any atom is 0.250 e. The van der Waals surface area contributed by atoms with Crippen LogP contribution in [0.5, 0.6) is 0 Å². The van der Waals surface area contributed by atoms with E-state index in [1.54, 1.807) is 23.9 Å². The van der Waals surface area contributed by atoms with Gasteiger partial charge in [0.25, 0.3) is 0 Å². The topological polar surface area (TPSA) is 47.0 Å². The van der Waals surface area contributed by atoms with Crippen molar-refractivity contribution in [3.8, 4) is 0 Å². The number of halogens is 1. The average Bonchev–Trinajstić information content (AvgIpc) is 3.17. The Kier molecular flexibility index (Phi) is 9.52. The number of aryl methyl sites for hydroxylation is 1. The molecule has 0 aromatic heterocycles. The predicted octanol–water partition coefficient (Wildman–Crippen LogP) is 6.09. The van der Waals surface area contributed by atoms with Crippen molar-refractivity contribution in [3.05, 3.63) is 59.9 Å². The number of β-amino-alcohol motifs (C(OH)–C–C–N with tert-alkyl or cyclic N) is 1. The molecule has 2 saturated heterocycles. The molecule has 0 unspecified atom stereocenters. The first kappa shape index (κ1) is 28.4. The molecule has 3 aliphatic rings. The fraction of sp³-hybridized carbons (Fsp3) is 0.594. The molecule has 0 radical (unpaired) electrons. The second kappa shape index (κ2) is 13.0. The van der Waals surface area contributed by atoms with E-state index >= 15 is 0 Å². The molecule has 0 bridgehead atoms. The van der Waals surface area contributed by atoms with Crippen molar-refractivity contribution < 1.29 is 14.3 Å². The zero-order valence-corrected chi connectivity index (χ0v) is 24.2. The van der Waals surface area contributed by atoms with Crippen LogP contribution in [0, 0.1) is 18.7 Å². The van der Waals surface area contributed by atoms with Gasteiger partial charge in [-0.05, 0) is 74.9 Å². The van der Waals surface area contributed by atoms with Gasteiger partial charge in [-0.15, -0.1) is 11.8 Å². The Morgan fingerprint density at radius 1 is 1.03 bits per heavy atom. The second-order valence-corrected chi connectivity index (χ2v) is 13.0. The first-order valence-electron chi connectivity index (χ1n) is 14.9. The summed E-state index contributed by atoms with van der Waals surface area (Å²) in [5, 5.41) is 10.9. The van der Waals surface area contributed by atoms with Crippen LogP contribution >= 0.6 is 11.8 Å². The Labute approximate surface area is 237 Å². The minimum atomic E-state index is -0.626. The number of aliphatic hydroxyl groups is 1. The molecule has 3 fully saturated rings. The highest BCUT2D eigenvalue weighted by Gasteiger charge is 2.53. The van der Waals surface area contributed by atoms with E-state index in [0.29, 0.717) is 19.0 Å². The maximum absolute atomic E-state index is 14.0. The molecule has 2 heterocycles. The molecular formula is C32H44FN3O2S. The molecule has 5 nitrogen and oxygen atoms in total. The van der Waals surface area contributed by atoms with Crippen LogP contribution in [0.3, 0.4) is 0 Å². The van der Waals surface area contributed by atoms with E-state index < -0.39 is 11.6 Å². The van der Waals surface area contributed by atoms with Crippen LogP contribution in [0.15, 0.2) is 53.4 Å². The van der Waals surface area contributed by atoms with Gasteiger partial charge >= 0.3 is 0 Å². The molecule has 1 saturated carbocycles. The highest BCUT2D eigenvalue weighted by Crippen LogP contribution is 2.40. The summed E-state index contributed by atoms with van der Waals surface area (Å²) in [7, 11) is 0. The third kappa shape index (κ3) is 6.98. The minimum absolute atomic E-state index is 0.108. The molecule has 1 N–H and O–H groups in total. The Morgan fingerprint density at radius 2 is 1.72 bits per heavy atom. The Balaban J connectivity index is 1.25. The Morgan fingerprint density at radius 3 is 2.41 bits per heavy atom. The van der Waals surface area contributed by atoms with Crippen molar-refractivity contribution in [2.75, 3.05) is 43.5 Å². The number of hydrogen-bond donors (Lipinski definition) is 1. The van der Waals surface area contributed by atoms with E-state index in [2.05, 4.69) is 34.9 Å². The summed E-state index contributed by atoms with van der Waals surface area (Å²) in [5.41, 5.74) is 1.45. The van der Waals surface area contributed by atoms with Crippen molar-refractivity contribution >= 4 is 23.4 Å². The molecule has 2 aromatic rings. The van der Waals surface area contributed by atoms with Crippen LogP contribution in [-0.2, 0) is 4.79 Å². The summed E-state index contributed by atoms with van der Waals surface area (Å²) in [4.78, 5) is 21.8. The quantitative estimate of drug-likeness (QED) is 0.401. The molecule has 1 spiro atoms. The van der Waals surface area contributed by atoms with Crippen LogP contribution in [0.2, 0.25) is 0 Å². The van der Waals surface area contributed by atoms with Gasteiger partial charge in [0.2, 0.25) is 5.91 Å². The highest BCUT2D eigenvalue weighted by molar-refractivity contribution is 7.99. The second-order valence-electron chi connectivity index (χ2n) is 11.9. The van der Waals surface area contributed by atoms with Gasteiger partial charge in [0, 0.05) is 42.5 Å². The zero-order valence-electron chi connectivity index (χ0n) is 23.4. The summed E-state index contributed by atoms with van der Waals surface area (Å²) in [6.07, 6.45) is 10.4.